The van der Waals surface area contributed by atoms with Gasteiger partial charge in [-0.2, -0.15) is 0 Å². The first-order valence-corrected chi connectivity index (χ1v) is 2.39. The molecular formula is C6H4FNO2. The summed E-state index contributed by atoms with van der Waals surface area (Å²) in [4.78, 5) is 13.4. The first-order chi connectivity index (χ1) is 5.52. The quantitative estimate of drug-likeness (QED) is 0.635. The molecule has 3 nitrogen and oxygen atoms in total. The van der Waals surface area contributed by atoms with Crippen LogP contribution in [0.25, 0.3) is 0 Å². The number of aromatic carboxylic acids is 1. The lowest BCUT2D eigenvalue weighted by atomic mass is 10.3. The SMILES string of the molecule is [2H]c1cc(F)c([2H])nc1C(=O)O. The van der Waals surface area contributed by atoms with Crippen molar-refractivity contribution in [3.63, 3.8) is 0 Å². The molecule has 0 saturated heterocycles. The Bertz CT molecular complexity index is 343. The Morgan fingerprint density at radius 3 is 3.20 bits per heavy atom. The molecule has 0 unspecified atom stereocenters. The van der Waals surface area contributed by atoms with Crippen molar-refractivity contribution in [3.8, 4) is 0 Å². The van der Waals surface area contributed by atoms with E-state index in [-0.39, 0.29) is 0 Å². The lowest BCUT2D eigenvalue weighted by Gasteiger charge is -1.89. The van der Waals surface area contributed by atoms with Crippen LogP contribution in [-0.2, 0) is 0 Å². The van der Waals surface area contributed by atoms with Gasteiger partial charge in [0.1, 0.15) is 11.5 Å². The van der Waals surface area contributed by atoms with Gasteiger partial charge in [-0.05, 0) is 12.1 Å². The predicted molar refractivity (Wildman–Crippen MR) is 31.2 cm³/mol. The summed E-state index contributed by atoms with van der Waals surface area (Å²) in [6.07, 6.45) is -0.761. The average molecular weight is 143 g/mol. The van der Waals surface area contributed by atoms with Crippen molar-refractivity contribution < 1.29 is 17.0 Å². The minimum Gasteiger partial charge on any atom is -0.477 e. The molecule has 0 aliphatic heterocycles. The molecule has 1 aromatic heterocycles. The van der Waals surface area contributed by atoms with Gasteiger partial charge in [-0.15, -0.1) is 0 Å². The summed E-state index contributed by atoms with van der Waals surface area (Å²) in [6, 6.07) is 0.120. The fourth-order valence-corrected chi connectivity index (χ4v) is 0.415. The van der Waals surface area contributed by atoms with Crippen LogP contribution >= 0.6 is 0 Å². The summed E-state index contributed by atoms with van der Waals surface area (Å²) in [6.45, 7) is 0. The number of pyridine rings is 1. The Balaban J connectivity index is 3.33. The molecule has 1 rings (SSSR count). The summed E-state index contributed by atoms with van der Waals surface area (Å²) >= 11 is 0. The van der Waals surface area contributed by atoms with Crippen LogP contribution in [0.15, 0.2) is 18.3 Å². The number of carboxylic acid groups (broad SMARTS) is 1. The molecule has 0 fully saturated rings. The summed E-state index contributed by atoms with van der Waals surface area (Å²) in [5.74, 6) is -2.43. The molecule has 1 heterocycles. The van der Waals surface area contributed by atoms with Crippen LogP contribution in [0.5, 0.6) is 0 Å². The molecule has 4 heteroatoms. The topological polar surface area (TPSA) is 50.2 Å². The minimum atomic E-state index is -1.44. The second-order valence-corrected chi connectivity index (χ2v) is 1.51. The van der Waals surface area contributed by atoms with E-state index in [1.807, 2.05) is 0 Å². The van der Waals surface area contributed by atoms with E-state index < -0.39 is 29.7 Å². The van der Waals surface area contributed by atoms with E-state index in [2.05, 4.69) is 4.98 Å². The lowest BCUT2D eigenvalue weighted by molar-refractivity contribution is 0.0690. The summed E-state index contributed by atoms with van der Waals surface area (Å²) in [5.41, 5.74) is -0.610. The van der Waals surface area contributed by atoms with E-state index >= 15 is 0 Å². The molecule has 0 amide bonds. The molecule has 1 aromatic rings. The highest BCUT2D eigenvalue weighted by atomic mass is 19.1. The third kappa shape index (κ3) is 1.28. The zero-order chi connectivity index (χ0) is 9.30. The first-order valence-electron chi connectivity index (χ1n) is 3.39. The zero-order valence-electron chi connectivity index (χ0n) is 6.76. The Labute approximate surface area is 58.9 Å². The number of hydrogen-bond donors (Lipinski definition) is 1. The van der Waals surface area contributed by atoms with E-state index in [1.54, 1.807) is 0 Å². The van der Waals surface area contributed by atoms with Crippen LogP contribution in [0.3, 0.4) is 0 Å². The van der Waals surface area contributed by atoms with Gasteiger partial charge in [0.05, 0.1) is 8.91 Å². The van der Waals surface area contributed by atoms with Crippen LogP contribution in [0.4, 0.5) is 4.39 Å². The summed E-state index contributed by atoms with van der Waals surface area (Å²) < 4.78 is 26.2. The van der Waals surface area contributed by atoms with Crippen LogP contribution < -0.4 is 0 Å². The standard InChI is InChI=1S/C6H4FNO2/c7-4-1-2-5(6(9)10)8-3-4/h1-3H,(H,9,10)/i2D,3D. The minimum absolute atomic E-state index is 0.531. The van der Waals surface area contributed by atoms with Crippen molar-refractivity contribution in [1.29, 1.82) is 0 Å². The number of carbonyl (C=O) groups is 1. The van der Waals surface area contributed by atoms with E-state index in [4.69, 9.17) is 7.85 Å². The number of aromatic nitrogens is 1. The van der Waals surface area contributed by atoms with Gasteiger partial charge >= 0.3 is 5.97 Å². The molecule has 0 saturated carbocycles. The van der Waals surface area contributed by atoms with Crippen LogP contribution in [0.1, 0.15) is 13.2 Å². The van der Waals surface area contributed by atoms with Crippen molar-refractivity contribution in [1.82, 2.24) is 4.98 Å². The Hall–Kier alpha value is -1.45. The maximum absolute atomic E-state index is 12.5. The molecular weight excluding hydrogens is 137 g/mol. The maximum atomic E-state index is 12.5. The van der Waals surface area contributed by atoms with Crippen LogP contribution in [0.2, 0.25) is 0 Å². The molecule has 0 atom stereocenters. The Morgan fingerprint density at radius 1 is 1.90 bits per heavy atom. The number of rotatable bonds is 1. The van der Waals surface area contributed by atoms with Gasteiger partial charge in [0, 0.05) is 0 Å². The fourth-order valence-electron chi connectivity index (χ4n) is 0.415. The molecule has 0 aliphatic rings. The van der Waals surface area contributed by atoms with Crippen molar-refractivity contribution >= 4 is 5.97 Å². The molecule has 0 spiro atoms. The number of nitrogens with zero attached hydrogens (tertiary/aromatic N) is 1. The normalized spacial score (nSPS) is 12.1. The Kier molecular flexibility index (Phi) is 1.06. The second kappa shape index (κ2) is 2.43. The number of hydrogen-bond acceptors (Lipinski definition) is 2. The highest BCUT2D eigenvalue weighted by Crippen LogP contribution is 1.96. The van der Waals surface area contributed by atoms with Crippen molar-refractivity contribution in [2.45, 2.75) is 0 Å². The summed E-state index contributed by atoms with van der Waals surface area (Å²) in [5, 5.41) is 8.39. The van der Waals surface area contributed by atoms with Gasteiger partial charge < -0.3 is 5.11 Å². The lowest BCUT2D eigenvalue weighted by Crippen LogP contribution is -1.98. The van der Waals surface area contributed by atoms with E-state index in [1.165, 1.54) is 0 Å². The van der Waals surface area contributed by atoms with E-state index in [0.29, 0.717) is 6.07 Å². The van der Waals surface area contributed by atoms with Crippen molar-refractivity contribution in [2.24, 2.45) is 0 Å². The highest BCUT2D eigenvalue weighted by Gasteiger charge is 2.01. The van der Waals surface area contributed by atoms with Crippen molar-refractivity contribution in [2.75, 3.05) is 0 Å². The Morgan fingerprint density at radius 2 is 2.60 bits per heavy atom. The van der Waals surface area contributed by atoms with Crippen LogP contribution in [0, 0.1) is 5.82 Å². The summed E-state index contributed by atoms with van der Waals surface area (Å²) in [7, 11) is 0. The smallest absolute Gasteiger partial charge is 0.354 e. The average Bonchev–Trinajstić information content (AvgIpc) is 1.96. The third-order valence-electron chi connectivity index (χ3n) is 0.813. The molecule has 0 bridgehead atoms. The first kappa shape index (κ1) is 4.38. The fraction of sp³-hybridized carbons (Fsp3) is 0. The van der Waals surface area contributed by atoms with Crippen LogP contribution in [-0.4, -0.2) is 16.1 Å². The van der Waals surface area contributed by atoms with E-state index in [0.717, 1.165) is 0 Å². The van der Waals surface area contributed by atoms with Crippen molar-refractivity contribution in [3.05, 3.63) is 29.8 Å². The second-order valence-electron chi connectivity index (χ2n) is 1.51. The van der Waals surface area contributed by atoms with Gasteiger partial charge in [0.25, 0.3) is 0 Å². The third-order valence-corrected chi connectivity index (χ3v) is 0.813. The van der Waals surface area contributed by atoms with Gasteiger partial charge in [-0.25, -0.2) is 14.2 Å². The zero-order valence-corrected chi connectivity index (χ0v) is 4.76. The van der Waals surface area contributed by atoms with Gasteiger partial charge in [0.15, 0.2) is 0 Å². The molecule has 52 valence electrons. The van der Waals surface area contributed by atoms with E-state index in [9.17, 15) is 9.18 Å². The van der Waals surface area contributed by atoms with Gasteiger partial charge in [-0.3, -0.25) is 0 Å². The van der Waals surface area contributed by atoms with Gasteiger partial charge in [-0.1, -0.05) is 0 Å². The van der Waals surface area contributed by atoms with Gasteiger partial charge in [0.2, 0.25) is 0 Å². The molecule has 0 aromatic carbocycles. The maximum Gasteiger partial charge on any atom is 0.354 e. The number of halogens is 1. The highest BCUT2D eigenvalue weighted by molar-refractivity contribution is 5.85. The predicted octanol–water partition coefficient (Wildman–Crippen LogP) is 0.919. The molecule has 0 radical (unpaired) electrons. The molecule has 1 N–H and O–H groups in total. The number of carboxylic acids is 1. The molecule has 10 heavy (non-hydrogen) atoms. The largest absolute Gasteiger partial charge is 0.477 e. The molecule has 0 aliphatic carbocycles. The monoisotopic (exact) mass is 143 g/mol.